The molecule has 1 aromatic heterocycles. The van der Waals surface area contributed by atoms with Crippen LogP contribution in [-0.2, 0) is 4.79 Å². The Bertz CT molecular complexity index is 381. The molecule has 0 aliphatic rings. The number of carbonyl (C=O) groups is 1. The minimum absolute atomic E-state index is 0.0995. The summed E-state index contributed by atoms with van der Waals surface area (Å²) < 4.78 is 0. The maximum Gasteiger partial charge on any atom is 0.246 e. The fourth-order valence-electron chi connectivity index (χ4n) is 1.38. The van der Waals surface area contributed by atoms with Crippen LogP contribution < -0.4 is 0 Å². The van der Waals surface area contributed by atoms with Crippen molar-refractivity contribution in [2.24, 2.45) is 0 Å². The molecule has 0 unspecified atom stereocenters. The Morgan fingerprint density at radius 2 is 2.00 bits per heavy atom. The van der Waals surface area contributed by atoms with Gasteiger partial charge in [0.15, 0.2) is 0 Å². The van der Waals surface area contributed by atoms with Crippen molar-refractivity contribution in [2.45, 2.75) is 6.92 Å². The van der Waals surface area contributed by atoms with Crippen molar-refractivity contribution in [3.8, 4) is 0 Å². The summed E-state index contributed by atoms with van der Waals surface area (Å²) in [6, 6.07) is 3.94. The quantitative estimate of drug-likeness (QED) is 0.742. The lowest BCUT2D eigenvalue weighted by molar-refractivity contribution is -0.126. The molecule has 1 amide bonds. The zero-order valence-corrected chi connectivity index (χ0v) is 10.6. The Morgan fingerprint density at radius 1 is 1.35 bits per heavy atom. The number of hydrogen-bond acceptors (Lipinski definition) is 4. The molecular weight excluding hydrogens is 238 g/mol. The van der Waals surface area contributed by atoms with E-state index in [0.29, 0.717) is 0 Å². The highest BCUT2D eigenvalue weighted by Gasteiger charge is 2.08. The molecule has 94 valence electrons. The molecule has 1 heterocycles. The Hall–Kier alpha value is -1.17. The number of carbonyl (C=O) groups excluding carboxylic acids is 1. The first kappa shape index (κ1) is 13.9. The second-order valence-corrected chi connectivity index (χ2v) is 4.87. The standard InChI is InChI=1S/C12H17NO3S/c1-10-2-3-11(17-10)4-5-12(16)13(6-8-14)7-9-15/h2-5,14-15H,6-9H2,1H3. The zero-order valence-electron chi connectivity index (χ0n) is 9.80. The number of aryl methyl sites for hydroxylation is 1. The van der Waals surface area contributed by atoms with E-state index in [-0.39, 0.29) is 32.2 Å². The first-order chi connectivity index (χ1) is 8.17. The molecule has 0 radical (unpaired) electrons. The second-order valence-electron chi connectivity index (χ2n) is 3.55. The highest BCUT2D eigenvalue weighted by Crippen LogP contribution is 2.16. The molecule has 17 heavy (non-hydrogen) atoms. The highest BCUT2D eigenvalue weighted by molar-refractivity contribution is 7.12. The van der Waals surface area contributed by atoms with Crippen molar-refractivity contribution >= 4 is 23.3 Å². The number of aliphatic hydroxyl groups excluding tert-OH is 2. The lowest BCUT2D eigenvalue weighted by Gasteiger charge is -2.18. The van der Waals surface area contributed by atoms with E-state index in [9.17, 15) is 4.79 Å². The Balaban J connectivity index is 2.59. The van der Waals surface area contributed by atoms with E-state index in [4.69, 9.17) is 10.2 Å². The van der Waals surface area contributed by atoms with Gasteiger partial charge in [0.2, 0.25) is 5.91 Å². The molecule has 0 aromatic carbocycles. The third-order valence-corrected chi connectivity index (χ3v) is 3.17. The van der Waals surface area contributed by atoms with Gasteiger partial charge in [0.1, 0.15) is 0 Å². The molecule has 2 N–H and O–H groups in total. The maximum absolute atomic E-state index is 11.7. The van der Waals surface area contributed by atoms with Crippen molar-refractivity contribution in [3.05, 3.63) is 28.0 Å². The van der Waals surface area contributed by atoms with Crippen LogP contribution in [0.4, 0.5) is 0 Å². The largest absolute Gasteiger partial charge is 0.395 e. The van der Waals surface area contributed by atoms with E-state index in [1.54, 1.807) is 17.4 Å². The predicted molar refractivity (Wildman–Crippen MR) is 68.8 cm³/mol. The van der Waals surface area contributed by atoms with Crippen LogP contribution in [0.1, 0.15) is 9.75 Å². The zero-order chi connectivity index (χ0) is 12.7. The predicted octanol–water partition coefficient (Wildman–Crippen LogP) is 0.883. The summed E-state index contributed by atoms with van der Waals surface area (Å²) >= 11 is 1.61. The Morgan fingerprint density at radius 3 is 2.47 bits per heavy atom. The smallest absolute Gasteiger partial charge is 0.246 e. The molecule has 0 saturated carbocycles. The first-order valence-corrected chi connectivity index (χ1v) is 6.24. The molecule has 0 aliphatic heterocycles. The van der Waals surface area contributed by atoms with Gasteiger partial charge in [-0.15, -0.1) is 11.3 Å². The van der Waals surface area contributed by atoms with Crippen LogP contribution in [0.2, 0.25) is 0 Å². The van der Waals surface area contributed by atoms with Gasteiger partial charge in [0.05, 0.1) is 13.2 Å². The van der Waals surface area contributed by atoms with Crippen LogP contribution in [0.3, 0.4) is 0 Å². The Labute approximate surface area is 105 Å². The number of nitrogens with zero attached hydrogens (tertiary/aromatic N) is 1. The van der Waals surface area contributed by atoms with Gasteiger partial charge < -0.3 is 15.1 Å². The summed E-state index contributed by atoms with van der Waals surface area (Å²) in [5, 5.41) is 17.6. The van der Waals surface area contributed by atoms with Gasteiger partial charge in [-0.1, -0.05) is 0 Å². The molecule has 0 spiro atoms. The summed E-state index contributed by atoms with van der Waals surface area (Å²) in [4.78, 5) is 15.3. The summed E-state index contributed by atoms with van der Waals surface area (Å²) in [6.07, 6.45) is 3.22. The molecular formula is C12H17NO3S. The number of aliphatic hydroxyl groups is 2. The van der Waals surface area contributed by atoms with Gasteiger partial charge in [-0.2, -0.15) is 0 Å². The molecule has 1 aromatic rings. The number of hydrogen-bond donors (Lipinski definition) is 2. The normalized spacial score (nSPS) is 11.0. The van der Waals surface area contributed by atoms with Gasteiger partial charge in [-0.3, -0.25) is 4.79 Å². The number of amides is 1. The fraction of sp³-hybridized carbons (Fsp3) is 0.417. The van der Waals surface area contributed by atoms with Crippen LogP contribution in [0.5, 0.6) is 0 Å². The average Bonchev–Trinajstić information content (AvgIpc) is 2.72. The Kier molecular flexibility index (Phi) is 5.90. The van der Waals surface area contributed by atoms with Gasteiger partial charge in [0.25, 0.3) is 0 Å². The van der Waals surface area contributed by atoms with Gasteiger partial charge in [-0.05, 0) is 25.1 Å². The van der Waals surface area contributed by atoms with Crippen molar-refractivity contribution < 1.29 is 15.0 Å². The summed E-state index contributed by atoms with van der Waals surface area (Å²) in [5.74, 6) is -0.195. The van der Waals surface area contributed by atoms with Crippen molar-refractivity contribution in [3.63, 3.8) is 0 Å². The molecule has 0 bridgehead atoms. The molecule has 5 heteroatoms. The molecule has 0 saturated heterocycles. The van der Waals surface area contributed by atoms with Gasteiger partial charge >= 0.3 is 0 Å². The maximum atomic E-state index is 11.7. The summed E-state index contributed by atoms with van der Waals surface area (Å²) in [6.45, 7) is 2.30. The van der Waals surface area contributed by atoms with Crippen LogP contribution in [0, 0.1) is 6.92 Å². The van der Waals surface area contributed by atoms with Crippen LogP contribution in [0.15, 0.2) is 18.2 Å². The molecule has 0 atom stereocenters. The summed E-state index contributed by atoms with van der Waals surface area (Å²) in [5.41, 5.74) is 0. The van der Waals surface area contributed by atoms with E-state index in [1.807, 2.05) is 19.1 Å². The van der Waals surface area contributed by atoms with Crippen LogP contribution in [0.25, 0.3) is 6.08 Å². The third-order valence-electron chi connectivity index (χ3n) is 2.20. The first-order valence-electron chi connectivity index (χ1n) is 5.42. The highest BCUT2D eigenvalue weighted by atomic mass is 32.1. The molecule has 1 rings (SSSR count). The van der Waals surface area contributed by atoms with E-state index in [0.717, 1.165) is 4.88 Å². The lowest BCUT2D eigenvalue weighted by atomic mass is 10.3. The summed E-state index contributed by atoms with van der Waals surface area (Å²) in [7, 11) is 0. The lowest BCUT2D eigenvalue weighted by Crippen LogP contribution is -2.34. The van der Waals surface area contributed by atoms with Crippen LogP contribution in [-0.4, -0.2) is 47.3 Å². The molecule has 0 aliphatic carbocycles. The second kappa shape index (κ2) is 7.21. The van der Waals surface area contributed by atoms with Crippen LogP contribution >= 0.6 is 11.3 Å². The van der Waals surface area contributed by atoms with Gasteiger partial charge in [0, 0.05) is 28.9 Å². The number of thiophene rings is 1. The SMILES string of the molecule is Cc1ccc(C=CC(=O)N(CCO)CCO)s1. The number of rotatable bonds is 6. The third kappa shape index (κ3) is 4.68. The fourth-order valence-corrected chi connectivity index (χ4v) is 2.16. The topological polar surface area (TPSA) is 60.8 Å². The molecule has 4 nitrogen and oxygen atoms in total. The van der Waals surface area contributed by atoms with Crippen molar-refractivity contribution in [2.75, 3.05) is 26.3 Å². The monoisotopic (exact) mass is 255 g/mol. The van der Waals surface area contributed by atoms with E-state index < -0.39 is 0 Å². The minimum Gasteiger partial charge on any atom is -0.395 e. The minimum atomic E-state index is -0.195. The van der Waals surface area contributed by atoms with Crippen molar-refractivity contribution in [1.29, 1.82) is 0 Å². The van der Waals surface area contributed by atoms with Crippen molar-refractivity contribution in [1.82, 2.24) is 4.90 Å². The van der Waals surface area contributed by atoms with Gasteiger partial charge in [-0.25, -0.2) is 0 Å². The van der Waals surface area contributed by atoms with E-state index >= 15 is 0 Å². The van der Waals surface area contributed by atoms with E-state index in [2.05, 4.69) is 0 Å². The molecule has 0 fully saturated rings. The average molecular weight is 255 g/mol. The van der Waals surface area contributed by atoms with E-state index in [1.165, 1.54) is 15.9 Å².